The van der Waals surface area contributed by atoms with Crippen LogP contribution in [-0.2, 0) is 25.8 Å². The molecule has 1 saturated heterocycles. The van der Waals surface area contributed by atoms with Crippen LogP contribution < -0.4 is 14.4 Å². The lowest BCUT2D eigenvalue weighted by molar-refractivity contribution is -0.138. The summed E-state index contributed by atoms with van der Waals surface area (Å²) >= 11 is 0. The zero-order valence-corrected chi connectivity index (χ0v) is 19.5. The molecule has 0 bridgehead atoms. The normalized spacial score (nSPS) is 14.9. The molecule has 184 valence electrons. The Hall–Kier alpha value is -3.67. The van der Waals surface area contributed by atoms with E-state index in [1.165, 1.54) is 24.4 Å². The van der Waals surface area contributed by atoms with Gasteiger partial charge in [-0.25, -0.2) is 8.42 Å². The molecule has 2 heterocycles. The molecule has 35 heavy (non-hydrogen) atoms. The number of nitrogens with one attached hydrogen (secondary N) is 1. The van der Waals surface area contributed by atoms with Crippen LogP contribution in [0.15, 0.2) is 42.6 Å². The molecule has 8 nitrogen and oxygen atoms in total. The number of pyridine rings is 1. The summed E-state index contributed by atoms with van der Waals surface area (Å²) in [5, 5.41) is 0.0397. The van der Waals surface area contributed by atoms with Crippen molar-refractivity contribution in [1.82, 2.24) is 4.98 Å². The van der Waals surface area contributed by atoms with Crippen LogP contribution in [0, 0.1) is 0 Å². The summed E-state index contributed by atoms with van der Waals surface area (Å²) < 4.78 is 72.2. The highest BCUT2D eigenvalue weighted by Gasteiger charge is 2.38. The first kappa shape index (κ1) is 24.5. The van der Waals surface area contributed by atoms with E-state index in [9.17, 15) is 31.2 Å². The van der Waals surface area contributed by atoms with Gasteiger partial charge in [-0.3, -0.25) is 19.3 Å². The number of piperidine rings is 1. The Morgan fingerprint density at radius 1 is 1.09 bits per heavy atom. The number of carbonyl (C=O) groups excluding carboxylic acids is 2. The quantitative estimate of drug-likeness (QED) is 0.524. The molecular formula is C23H20F3N3O5S. The Morgan fingerprint density at radius 2 is 1.77 bits per heavy atom. The van der Waals surface area contributed by atoms with E-state index in [1.54, 1.807) is 12.1 Å². The SMILES string of the molecule is COc1c(C(F)(F)F)cc(N2CCC(=O)CC2=O)c2ncc(-c3ccc(NS(C)(=O)=O)cc3)cc12. The van der Waals surface area contributed by atoms with Crippen molar-refractivity contribution >= 4 is 44.0 Å². The van der Waals surface area contributed by atoms with Crippen LogP contribution in [-0.4, -0.2) is 45.0 Å². The van der Waals surface area contributed by atoms with Gasteiger partial charge < -0.3 is 9.64 Å². The molecule has 1 N–H and O–H groups in total. The van der Waals surface area contributed by atoms with Crippen molar-refractivity contribution in [3.63, 3.8) is 0 Å². The second-order valence-corrected chi connectivity index (χ2v) is 9.81. The Balaban J connectivity index is 1.89. The van der Waals surface area contributed by atoms with E-state index < -0.39 is 33.4 Å². The predicted molar refractivity (Wildman–Crippen MR) is 124 cm³/mol. The van der Waals surface area contributed by atoms with Crippen LogP contribution in [0.5, 0.6) is 5.75 Å². The molecule has 0 radical (unpaired) electrons. The van der Waals surface area contributed by atoms with E-state index in [0.717, 1.165) is 24.3 Å². The fraction of sp³-hybridized carbons (Fsp3) is 0.261. The smallest absolute Gasteiger partial charge is 0.420 e. The number of hydrogen-bond donors (Lipinski definition) is 1. The molecule has 3 aromatic rings. The number of halogens is 3. The lowest BCUT2D eigenvalue weighted by Crippen LogP contribution is -2.39. The van der Waals surface area contributed by atoms with Gasteiger partial charge in [0.15, 0.2) is 0 Å². The monoisotopic (exact) mass is 507 g/mol. The summed E-state index contributed by atoms with van der Waals surface area (Å²) in [4.78, 5) is 29.7. The van der Waals surface area contributed by atoms with Gasteiger partial charge >= 0.3 is 6.18 Å². The summed E-state index contributed by atoms with van der Waals surface area (Å²) in [7, 11) is -2.36. The van der Waals surface area contributed by atoms with Gasteiger partial charge in [0.25, 0.3) is 0 Å². The number of aromatic nitrogens is 1. The zero-order chi connectivity index (χ0) is 25.5. The molecule has 0 saturated carbocycles. The average Bonchev–Trinajstić information content (AvgIpc) is 2.76. The Morgan fingerprint density at radius 3 is 2.34 bits per heavy atom. The predicted octanol–water partition coefficient (Wildman–Crippen LogP) is 4.00. The van der Waals surface area contributed by atoms with Crippen LogP contribution in [0.25, 0.3) is 22.0 Å². The van der Waals surface area contributed by atoms with Gasteiger partial charge in [-0.2, -0.15) is 13.2 Å². The number of rotatable bonds is 5. The largest absolute Gasteiger partial charge is 0.495 e. The van der Waals surface area contributed by atoms with Gasteiger partial charge in [0, 0.05) is 35.8 Å². The van der Waals surface area contributed by atoms with Crippen LogP contribution in [0.1, 0.15) is 18.4 Å². The van der Waals surface area contributed by atoms with Crippen LogP contribution in [0.2, 0.25) is 0 Å². The van der Waals surface area contributed by atoms with Crippen molar-refractivity contribution in [2.24, 2.45) is 0 Å². The van der Waals surface area contributed by atoms with Gasteiger partial charge in [-0.15, -0.1) is 0 Å². The fourth-order valence-corrected chi connectivity index (χ4v) is 4.53. The van der Waals surface area contributed by atoms with E-state index in [1.807, 2.05) is 0 Å². The number of amides is 1. The molecule has 2 aromatic carbocycles. The summed E-state index contributed by atoms with van der Waals surface area (Å²) in [6.45, 7) is -0.0470. The molecule has 0 unspecified atom stereocenters. The number of hydrogen-bond acceptors (Lipinski definition) is 6. The van der Waals surface area contributed by atoms with Gasteiger partial charge in [-0.1, -0.05) is 12.1 Å². The maximum Gasteiger partial charge on any atom is 0.420 e. The number of ether oxygens (including phenoxy) is 1. The summed E-state index contributed by atoms with van der Waals surface area (Å²) in [6.07, 6.45) is -2.68. The number of fused-ring (bicyclic) bond motifs is 1. The molecule has 1 fully saturated rings. The highest BCUT2D eigenvalue weighted by atomic mass is 32.2. The van der Waals surface area contributed by atoms with Crippen molar-refractivity contribution in [2.75, 3.05) is 29.5 Å². The van der Waals surface area contributed by atoms with E-state index in [0.29, 0.717) is 16.8 Å². The highest BCUT2D eigenvalue weighted by Crippen LogP contribution is 2.45. The van der Waals surface area contributed by atoms with Gasteiger partial charge in [0.05, 0.1) is 31.0 Å². The minimum atomic E-state index is -4.78. The molecule has 1 aliphatic rings. The second kappa shape index (κ2) is 8.84. The minimum Gasteiger partial charge on any atom is -0.495 e. The number of anilines is 2. The number of benzene rings is 2. The number of carbonyl (C=O) groups is 2. The minimum absolute atomic E-state index is 0.0343. The Bertz CT molecular complexity index is 1440. The standard InChI is InChI=1S/C23H20F3N3O5S/c1-34-22-17-9-14(13-3-5-15(6-4-13)28-35(2,32)33)12-27-21(17)19(11-18(22)23(24,25)26)29-8-7-16(30)10-20(29)31/h3-6,9,11-12,28H,7-8,10H2,1-2H3. The highest BCUT2D eigenvalue weighted by molar-refractivity contribution is 7.92. The van der Waals surface area contributed by atoms with E-state index in [-0.39, 0.29) is 41.8 Å². The molecule has 4 rings (SSSR count). The van der Waals surface area contributed by atoms with Gasteiger partial charge in [-0.05, 0) is 29.8 Å². The van der Waals surface area contributed by atoms with Crippen LogP contribution in [0.3, 0.4) is 0 Å². The lowest BCUT2D eigenvalue weighted by atomic mass is 10.00. The number of Topliss-reactive ketones (excluding diaryl/α,β-unsaturated/α-hetero) is 1. The molecule has 0 aliphatic carbocycles. The van der Waals surface area contributed by atoms with Crippen LogP contribution >= 0.6 is 0 Å². The van der Waals surface area contributed by atoms with Gasteiger partial charge in [0.2, 0.25) is 15.9 Å². The maximum atomic E-state index is 14.0. The van der Waals surface area contributed by atoms with Crippen molar-refractivity contribution < 1.29 is 35.9 Å². The van der Waals surface area contributed by atoms with E-state index in [4.69, 9.17) is 4.74 Å². The number of ketones is 1. The molecule has 12 heteroatoms. The number of alkyl halides is 3. The van der Waals surface area contributed by atoms with Crippen molar-refractivity contribution in [3.8, 4) is 16.9 Å². The topological polar surface area (TPSA) is 106 Å². The van der Waals surface area contributed by atoms with Crippen LogP contribution in [0.4, 0.5) is 24.5 Å². The van der Waals surface area contributed by atoms with Crippen molar-refractivity contribution in [2.45, 2.75) is 19.0 Å². The van der Waals surface area contributed by atoms with E-state index in [2.05, 4.69) is 9.71 Å². The van der Waals surface area contributed by atoms with Crippen molar-refractivity contribution in [3.05, 3.63) is 48.2 Å². The zero-order valence-electron chi connectivity index (χ0n) is 18.6. The molecule has 1 aromatic heterocycles. The summed E-state index contributed by atoms with van der Waals surface area (Å²) in [5.41, 5.74) is 0.342. The third-order valence-electron chi connectivity index (χ3n) is 5.49. The Kier molecular flexibility index (Phi) is 6.18. The summed E-state index contributed by atoms with van der Waals surface area (Å²) in [5.74, 6) is -1.31. The van der Waals surface area contributed by atoms with E-state index >= 15 is 0 Å². The molecular weight excluding hydrogens is 487 g/mol. The third kappa shape index (κ3) is 5.06. The first-order chi connectivity index (χ1) is 16.4. The summed E-state index contributed by atoms with van der Waals surface area (Å²) in [6, 6.07) is 8.51. The second-order valence-electron chi connectivity index (χ2n) is 8.06. The maximum absolute atomic E-state index is 14.0. The number of sulfonamides is 1. The first-order valence-corrected chi connectivity index (χ1v) is 12.2. The number of methoxy groups -OCH3 is 1. The average molecular weight is 507 g/mol. The molecule has 0 spiro atoms. The Labute approximate surface area is 198 Å². The molecule has 0 atom stereocenters. The van der Waals surface area contributed by atoms with Gasteiger partial charge in [0.1, 0.15) is 17.1 Å². The third-order valence-corrected chi connectivity index (χ3v) is 6.09. The molecule has 1 aliphatic heterocycles. The fourth-order valence-electron chi connectivity index (χ4n) is 3.97. The lowest BCUT2D eigenvalue weighted by Gasteiger charge is -2.28. The number of nitrogens with zero attached hydrogens (tertiary/aromatic N) is 2. The molecule has 1 amide bonds. The van der Waals surface area contributed by atoms with Crippen molar-refractivity contribution in [1.29, 1.82) is 0 Å². The first-order valence-electron chi connectivity index (χ1n) is 10.4.